The number of hydrogen-bond donors (Lipinski definition) is 2. The zero-order chi connectivity index (χ0) is 10.0. The van der Waals surface area contributed by atoms with E-state index in [-0.39, 0.29) is 11.1 Å². The van der Waals surface area contributed by atoms with Gasteiger partial charge in [-0.2, -0.15) is 0 Å². The van der Waals surface area contributed by atoms with Crippen molar-refractivity contribution in [1.82, 2.24) is 0 Å². The number of hydrogen-bond acceptors (Lipinski definition) is 2. The largest absolute Gasteiger partial charge is 0.478 e. The Morgan fingerprint density at radius 2 is 1.77 bits per heavy atom. The molecule has 0 fully saturated rings. The van der Waals surface area contributed by atoms with Crippen molar-refractivity contribution in [1.29, 1.82) is 0 Å². The van der Waals surface area contributed by atoms with Crippen LogP contribution in [0.2, 0.25) is 0 Å². The van der Waals surface area contributed by atoms with Crippen LogP contribution in [-0.2, 0) is 0 Å². The monoisotopic (exact) mass is 196 g/mol. The quantitative estimate of drug-likeness (QED) is 0.599. The van der Waals surface area contributed by atoms with E-state index < -0.39 is 11.9 Å². The Balaban J connectivity index is 3.43. The van der Waals surface area contributed by atoms with Gasteiger partial charge in [-0.05, 0) is 6.07 Å². The standard InChI is InChI=1S/C8H8O4Si/c9-7(10)4-2-1-3-5(13)6(4)8(11)12/h1-3H,13H3,(H,9,10)(H,11,12). The van der Waals surface area contributed by atoms with Crippen LogP contribution >= 0.6 is 0 Å². The first-order chi connectivity index (χ1) is 6.04. The molecule has 13 heavy (non-hydrogen) atoms. The van der Waals surface area contributed by atoms with Gasteiger partial charge in [-0.3, -0.25) is 0 Å². The van der Waals surface area contributed by atoms with E-state index in [1.165, 1.54) is 6.07 Å². The SMILES string of the molecule is O=C(O)c1cccc([SiH3])c1C(=O)O. The Kier molecular flexibility index (Phi) is 2.48. The minimum atomic E-state index is -1.20. The van der Waals surface area contributed by atoms with E-state index in [0.717, 1.165) is 0 Å². The third-order valence-corrected chi connectivity index (χ3v) is 2.55. The van der Waals surface area contributed by atoms with E-state index >= 15 is 0 Å². The fraction of sp³-hybridized carbons (Fsp3) is 0. The van der Waals surface area contributed by atoms with Gasteiger partial charge in [0.25, 0.3) is 0 Å². The maximum atomic E-state index is 10.7. The molecule has 0 spiro atoms. The van der Waals surface area contributed by atoms with Crippen LogP contribution in [-0.4, -0.2) is 32.4 Å². The van der Waals surface area contributed by atoms with Crippen LogP contribution in [0.15, 0.2) is 18.2 Å². The molecule has 0 saturated carbocycles. The summed E-state index contributed by atoms with van der Waals surface area (Å²) in [7, 11) is 0.524. The van der Waals surface area contributed by atoms with Crippen LogP contribution in [0.4, 0.5) is 0 Å². The van der Waals surface area contributed by atoms with Crippen molar-refractivity contribution in [2.75, 3.05) is 0 Å². The summed E-state index contributed by atoms with van der Waals surface area (Å²) in [6.45, 7) is 0. The molecular formula is C8H8O4Si. The van der Waals surface area contributed by atoms with Crippen LogP contribution in [0.5, 0.6) is 0 Å². The summed E-state index contributed by atoms with van der Waals surface area (Å²) in [4.78, 5) is 21.3. The van der Waals surface area contributed by atoms with Crippen LogP contribution in [0.25, 0.3) is 0 Å². The molecule has 68 valence electrons. The molecule has 0 atom stereocenters. The van der Waals surface area contributed by atoms with E-state index in [9.17, 15) is 9.59 Å². The number of rotatable bonds is 2. The maximum absolute atomic E-state index is 10.7. The van der Waals surface area contributed by atoms with Crippen molar-refractivity contribution in [2.24, 2.45) is 0 Å². The highest BCUT2D eigenvalue weighted by Gasteiger charge is 2.16. The molecule has 0 amide bonds. The van der Waals surface area contributed by atoms with Gasteiger partial charge in [-0.1, -0.05) is 17.3 Å². The van der Waals surface area contributed by atoms with Crippen LogP contribution in [0.3, 0.4) is 0 Å². The molecule has 2 N–H and O–H groups in total. The lowest BCUT2D eigenvalue weighted by Crippen LogP contribution is -2.20. The topological polar surface area (TPSA) is 74.6 Å². The molecule has 1 aromatic rings. The summed E-state index contributed by atoms with van der Waals surface area (Å²) in [6.07, 6.45) is 0. The Labute approximate surface area is 77.2 Å². The molecular weight excluding hydrogens is 188 g/mol. The minimum absolute atomic E-state index is 0.0818. The minimum Gasteiger partial charge on any atom is -0.478 e. The number of benzene rings is 1. The molecule has 0 aromatic heterocycles. The first kappa shape index (κ1) is 9.46. The first-order valence-electron chi connectivity index (χ1n) is 3.60. The third-order valence-electron chi connectivity index (χ3n) is 1.72. The second-order valence-electron chi connectivity index (χ2n) is 2.61. The Bertz CT molecular complexity index is 372. The highest BCUT2D eigenvalue weighted by molar-refractivity contribution is 6.37. The predicted octanol–water partition coefficient (Wildman–Crippen LogP) is -0.926. The van der Waals surface area contributed by atoms with Crippen molar-refractivity contribution >= 4 is 27.4 Å². The van der Waals surface area contributed by atoms with Crippen LogP contribution in [0, 0.1) is 0 Å². The van der Waals surface area contributed by atoms with Crippen LogP contribution < -0.4 is 5.19 Å². The summed E-state index contributed by atoms with van der Waals surface area (Å²) in [6, 6.07) is 4.48. The summed E-state index contributed by atoms with van der Waals surface area (Å²) in [5.41, 5.74) is -0.221. The molecule has 0 radical (unpaired) electrons. The molecule has 1 rings (SSSR count). The average Bonchev–Trinajstić information content (AvgIpc) is 2.02. The Morgan fingerprint density at radius 1 is 1.15 bits per heavy atom. The second kappa shape index (κ2) is 3.40. The van der Waals surface area contributed by atoms with Gasteiger partial charge in [-0.25, -0.2) is 9.59 Å². The lowest BCUT2D eigenvalue weighted by molar-refractivity contribution is 0.0652. The normalized spacial score (nSPS) is 9.85. The van der Waals surface area contributed by atoms with Crippen LogP contribution in [0.1, 0.15) is 20.7 Å². The highest BCUT2D eigenvalue weighted by Crippen LogP contribution is 2.05. The van der Waals surface area contributed by atoms with Gasteiger partial charge >= 0.3 is 11.9 Å². The lowest BCUT2D eigenvalue weighted by atomic mass is 10.1. The number of aromatic carboxylic acids is 2. The molecule has 4 nitrogen and oxygen atoms in total. The fourth-order valence-electron chi connectivity index (χ4n) is 1.13. The number of carboxylic acids is 2. The summed E-state index contributed by atoms with van der Waals surface area (Å²) in [5, 5.41) is 18.0. The smallest absolute Gasteiger partial charge is 0.336 e. The molecule has 0 aliphatic heterocycles. The maximum Gasteiger partial charge on any atom is 0.336 e. The Morgan fingerprint density at radius 3 is 2.15 bits per heavy atom. The molecule has 0 saturated heterocycles. The summed E-state index contributed by atoms with van der Waals surface area (Å²) in [5.74, 6) is -2.38. The van der Waals surface area contributed by atoms with E-state index in [0.29, 0.717) is 15.4 Å². The van der Waals surface area contributed by atoms with E-state index in [4.69, 9.17) is 10.2 Å². The van der Waals surface area contributed by atoms with E-state index in [2.05, 4.69) is 0 Å². The molecule has 0 aliphatic carbocycles. The molecule has 0 unspecified atom stereocenters. The van der Waals surface area contributed by atoms with Gasteiger partial charge in [0.2, 0.25) is 0 Å². The van der Waals surface area contributed by atoms with E-state index in [1.807, 2.05) is 0 Å². The van der Waals surface area contributed by atoms with Crippen molar-refractivity contribution < 1.29 is 19.8 Å². The fourth-order valence-corrected chi connectivity index (χ4v) is 1.81. The van der Waals surface area contributed by atoms with Gasteiger partial charge < -0.3 is 10.2 Å². The molecule has 0 bridgehead atoms. The molecule has 0 heterocycles. The van der Waals surface area contributed by atoms with Gasteiger partial charge in [0.15, 0.2) is 0 Å². The van der Waals surface area contributed by atoms with Gasteiger partial charge in [-0.15, -0.1) is 0 Å². The van der Waals surface area contributed by atoms with E-state index in [1.54, 1.807) is 12.1 Å². The lowest BCUT2D eigenvalue weighted by Gasteiger charge is -2.03. The summed E-state index contributed by atoms with van der Waals surface area (Å²) >= 11 is 0. The van der Waals surface area contributed by atoms with Gasteiger partial charge in [0.05, 0.1) is 11.1 Å². The third kappa shape index (κ3) is 1.75. The molecule has 0 aliphatic rings. The number of carbonyl (C=O) groups is 2. The highest BCUT2D eigenvalue weighted by atomic mass is 28.1. The predicted molar refractivity (Wildman–Crippen MR) is 49.9 cm³/mol. The van der Waals surface area contributed by atoms with Crippen molar-refractivity contribution in [2.45, 2.75) is 0 Å². The van der Waals surface area contributed by atoms with Crippen molar-refractivity contribution in [3.05, 3.63) is 29.3 Å². The molecule has 1 aromatic carbocycles. The van der Waals surface area contributed by atoms with Crippen molar-refractivity contribution in [3.63, 3.8) is 0 Å². The zero-order valence-corrected chi connectivity index (χ0v) is 8.94. The second-order valence-corrected chi connectivity index (χ2v) is 3.69. The van der Waals surface area contributed by atoms with Gasteiger partial charge in [0.1, 0.15) is 0 Å². The van der Waals surface area contributed by atoms with Crippen molar-refractivity contribution in [3.8, 4) is 0 Å². The van der Waals surface area contributed by atoms with Gasteiger partial charge in [0, 0.05) is 10.2 Å². The Hall–Kier alpha value is -1.62. The molecule has 5 heteroatoms. The first-order valence-corrected chi connectivity index (χ1v) is 4.60. The summed E-state index contributed by atoms with van der Waals surface area (Å²) < 4.78 is 0. The zero-order valence-electron chi connectivity index (χ0n) is 6.94. The average molecular weight is 196 g/mol. The number of carboxylic acid groups (broad SMARTS) is 2.